The van der Waals surface area contributed by atoms with E-state index in [1.165, 1.54) is 0 Å². The number of hydrogen-bond donors (Lipinski definition) is 2. The molecule has 11 heteroatoms. The fourth-order valence-electron chi connectivity index (χ4n) is 4.45. The molecule has 4 rings (SSSR count). The van der Waals surface area contributed by atoms with Gasteiger partial charge in [-0.3, -0.25) is 9.59 Å². The molecule has 9 nitrogen and oxygen atoms in total. The first kappa shape index (κ1) is 23.6. The third-order valence-corrected chi connectivity index (χ3v) is 6.44. The van der Waals surface area contributed by atoms with E-state index in [0.717, 1.165) is 19.5 Å². The molecule has 0 radical (unpaired) electrons. The predicted molar refractivity (Wildman–Crippen MR) is 120 cm³/mol. The van der Waals surface area contributed by atoms with Crippen LogP contribution < -0.4 is 15.5 Å². The van der Waals surface area contributed by atoms with Crippen molar-refractivity contribution in [2.75, 3.05) is 69.1 Å². The van der Waals surface area contributed by atoms with Crippen LogP contribution in [0.1, 0.15) is 37.9 Å². The maximum Gasteiger partial charge on any atom is 0.290 e. The maximum atomic E-state index is 14.5. The summed E-state index contributed by atoms with van der Waals surface area (Å²) < 4.78 is 29.0. The van der Waals surface area contributed by atoms with Crippen molar-refractivity contribution in [3.63, 3.8) is 0 Å². The number of piperazine rings is 2. The Hall–Kier alpha value is -2.56. The Morgan fingerprint density at radius 2 is 1.94 bits per heavy atom. The Labute approximate surface area is 192 Å². The molecule has 2 fully saturated rings. The lowest BCUT2D eigenvalue weighted by atomic mass is 10.1. The first-order valence-electron chi connectivity index (χ1n) is 11.8. The molecule has 182 valence electrons. The summed E-state index contributed by atoms with van der Waals surface area (Å²) in [5, 5.41) is 6.28. The molecule has 2 N–H and O–H groups in total. The smallest absolute Gasteiger partial charge is 0.290 e. The molecule has 3 aliphatic rings. The Kier molecular flexibility index (Phi) is 6.96. The normalized spacial score (nSPS) is 20.4. The van der Waals surface area contributed by atoms with Gasteiger partial charge in [0.25, 0.3) is 5.92 Å². The third-order valence-electron chi connectivity index (χ3n) is 6.44. The van der Waals surface area contributed by atoms with E-state index in [4.69, 9.17) is 0 Å². The summed E-state index contributed by atoms with van der Waals surface area (Å²) in [5.74, 6) is -2.21. The van der Waals surface area contributed by atoms with E-state index in [9.17, 15) is 18.4 Å². The fourth-order valence-corrected chi connectivity index (χ4v) is 4.45. The summed E-state index contributed by atoms with van der Waals surface area (Å²) in [6.45, 7) is 8.39. The number of carbonyl (C=O) groups is 2. The van der Waals surface area contributed by atoms with Gasteiger partial charge in [0.1, 0.15) is 11.5 Å². The average molecular weight is 466 g/mol. The Balaban J connectivity index is 1.47. The summed E-state index contributed by atoms with van der Waals surface area (Å²) in [7, 11) is 0. The van der Waals surface area contributed by atoms with Crippen LogP contribution >= 0.6 is 0 Å². The number of rotatable bonds is 7. The van der Waals surface area contributed by atoms with Crippen molar-refractivity contribution in [1.82, 2.24) is 25.1 Å². The van der Waals surface area contributed by atoms with Crippen LogP contribution in [0.5, 0.6) is 0 Å². The van der Waals surface area contributed by atoms with Gasteiger partial charge in [-0.05, 0) is 18.8 Å². The number of nitrogens with zero attached hydrogens (tertiary/aromatic N) is 5. The summed E-state index contributed by atoms with van der Waals surface area (Å²) in [6.07, 6.45) is 0.747. The molecule has 1 aliphatic carbocycles. The minimum absolute atomic E-state index is 0.00922. The Morgan fingerprint density at radius 3 is 2.64 bits per heavy atom. The number of hydrogen-bond acceptors (Lipinski definition) is 7. The zero-order valence-corrected chi connectivity index (χ0v) is 19.4. The molecular weight excluding hydrogens is 432 g/mol. The molecule has 2 aliphatic heterocycles. The van der Waals surface area contributed by atoms with E-state index in [2.05, 4.69) is 34.4 Å². The molecule has 0 unspecified atom stereocenters. The van der Waals surface area contributed by atoms with E-state index in [0.29, 0.717) is 50.0 Å². The molecule has 0 saturated carbocycles. The van der Waals surface area contributed by atoms with Gasteiger partial charge in [-0.25, -0.2) is 4.98 Å². The first-order valence-corrected chi connectivity index (χ1v) is 11.8. The van der Waals surface area contributed by atoms with Gasteiger partial charge in [0.15, 0.2) is 0 Å². The minimum atomic E-state index is -3.00. The van der Waals surface area contributed by atoms with Crippen molar-refractivity contribution in [3.8, 4) is 0 Å². The van der Waals surface area contributed by atoms with Gasteiger partial charge < -0.3 is 25.3 Å². The first-order chi connectivity index (χ1) is 15.7. The van der Waals surface area contributed by atoms with Crippen LogP contribution in [0.15, 0.2) is 0 Å². The van der Waals surface area contributed by atoms with Crippen molar-refractivity contribution < 1.29 is 18.4 Å². The largest absolute Gasteiger partial charge is 0.354 e. The summed E-state index contributed by atoms with van der Waals surface area (Å²) in [6, 6.07) is 0. The summed E-state index contributed by atoms with van der Waals surface area (Å²) >= 11 is 0. The molecule has 1 aromatic rings. The van der Waals surface area contributed by atoms with Crippen LogP contribution in [-0.2, 0) is 21.9 Å². The Bertz CT molecular complexity index is 890. The summed E-state index contributed by atoms with van der Waals surface area (Å²) in [4.78, 5) is 39.2. The van der Waals surface area contributed by atoms with Gasteiger partial charge in [-0.1, -0.05) is 13.8 Å². The topological polar surface area (TPSA) is 93.7 Å². The van der Waals surface area contributed by atoms with Gasteiger partial charge in [-0.2, -0.15) is 13.8 Å². The standard InChI is InChI=1S/C22H33F2N7O2/c1-15(2)4-6-26-21-27-19-16(3-5-22(19,23)24)20(28-21)31-12-11-30(18(33)14-31)13-17(32)29-9-7-25-8-10-29/h15,25H,3-14H2,1-2H3,(H,26,27,28). The van der Waals surface area contributed by atoms with Crippen molar-refractivity contribution >= 4 is 23.6 Å². The van der Waals surface area contributed by atoms with Gasteiger partial charge >= 0.3 is 0 Å². The molecule has 2 amide bonds. The SMILES string of the molecule is CC(C)CCNc1nc(N2CCN(CC(=O)N3CCNCC3)C(=O)C2)c2c(n1)C(F)(F)CC2. The second-order valence-electron chi connectivity index (χ2n) is 9.38. The highest BCUT2D eigenvalue weighted by Gasteiger charge is 2.44. The maximum absolute atomic E-state index is 14.5. The number of aromatic nitrogens is 2. The highest BCUT2D eigenvalue weighted by Crippen LogP contribution is 2.44. The van der Waals surface area contributed by atoms with E-state index in [1.807, 2.05) is 0 Å². The Morgan fingerprint density at radius 1 is 1.18 bits per heavy atom. The van der Waals surface area contributed by atoms with Crippen molar-refractivity contribution in [3.05, 3.63) is 11.3 Å². The molecule has 33 heavy (non-hydrogen) atoms. The zero-order valence-electron chi connectivity index (χ0n) is 19.4. The highest BCUT2D eigenvalue weighted by atomic mass is 19.3. The van der Waals surface area contributed by atoms with Gasteiger partial charge in [0.05, 0.1) is 13.1 Å². The summed E-state index contributed by atoms with van der Waals surface area (Å²) in [5.41, 5.74) is 0.191. The molecule has 0 aromatic carbocycles. The fraction of sp³-hybridized carbons (Fsp3) is 0.727. The molecule has 0 atom stereocenters. The van der Waals surface area contributed by atoms with E-state index < -0.39 is 5.92 Å². The molecule has 3 heterocycles. The van der Waals surface area contributed by atoms with Gasteiger partial charge in [0, 0.05) is 57.8 Å². The molecule has 2 saturated heterocycles. The molecule has 0 bridgehead atoms. The lowest BCUT2D eigenvalue weighted by molar-refractivity contribution is -0.140. The molecular formula is C22H33F2N7O2. The lowest BCUT2D eigenvalue weighted by Crippen LogP contribution is -2.55. The molecule has 0 spiro atoms. The van der Waals surface area contributed by atoms with Crippen LogP contribution in [0.2, 0.25) is 0 Å². The van der Waals surface area contributed by atoms with Crippen molar-refractivity contribution in [2.24, 2.45) is 5.92 Å². The van der Waals surface area contributed by atoms with Gasteiger partial charge in [0.2, 0.25) is 17.8 Å². The van der Waals surface area contributed by atoms with Crippen LogP contribution in [0, 0.1) is 5.92 Å². The van der Waals surface area contributed by atoms with Crippen LogP contribution in [-0.4, -0.2) is 90.5 Å². The van der Waals surface area contributed by atoms with Crippen LogP contribution in [0.25, 0.3) is 0 Å². The number of amides is 2. The van der Waals surface area contributed by atoms with E-state index in [-0.39, 0.29) is 49.4 Å². The van der Waals surface area contributed by atoms with E-state index in [1.54, 1.807) is 14.7 Å². The highest BCUT2D eigenvalue weighted by molar-refractivity contribution is 5.88. The zero-order chi connectivity index (χ0) is 23.6. The van der Waals surface area contributed by atoms with Crippen molar-refractivity contribution in [1.29, 1.82) is 0 Å². The second-order valence-corrected chi connectivity index (χ2v) is 9.38. The number of nitrogens with one attached hydrogen (secondary N) is 2. The van der Waals surface area contributed by atoms with Gasteiger partial charge in [-0.15, -0.1) is 0 Å². The third kappa shape index (κ3) is 5.34. The lowest BCUT2D eigenvalue weighted by Gasteiger charge is -2.37. The second kappa shape index (κ2) is 9.74. The number of anilines is 2. The number of fused-ring (bicyclic) bond motifs is 1. The molecule has 1 aromatic heterocycles. The van der Waals surface area contributed by atoms with Crippen molar-refractivity contribution in [2.45, 2.75) is 39.0 Å². The number of halogens is 2. The van der Waals surface area contributed by atoms with Crippen LogP contribution in [0.4, 0.5) is 20.5 Å². The monoisotopic (exact) mass is 465 g/mol. The minimum Gasteiger partial charge on any atom is -0.354 e. The van der Waals surface area contributed by atoms with E-state index >= 15 is 0 Å². The predicted octanol–water partition coefficient (Wildman–Crippen LogP) is 1.05. The quantitative estimate of drug-likeness (QED) is 0.622. The number of carbonyl (C=O) groups excluding carboxylic acids is 2. The number of alkyl halides is 2. The average Bonchev–Trinajstić information content (AvgIpc) is 3.09. The van der Waals surface area contributed by atoms with Crippen LogP contribution in [0.3, 0.4) is 0 Å².